The third-order valence-corrected chi connectivity index (χ3v) is 7.25. The van der Waals surface area contributed by atoms with Gasteiger partial charge in [0, 0.05) is 35.3 Å². The summed E-state index contributed by atoms with van der Waals surface area (Å²) in [5.74, 6) is -2.91. The fourth-order valence-electron chi connectivity index (χ4n) is 5.03. The molecule has 1 aromatic heterocycles. The molecule has 1 aromatic carbocycles. The van der Waals surface area contributed by atoms with Crippen LogP contribution in [0.1, 0.15) is 36.2 Å². The lowest BCUT2D eigenvalue weighted by Gasteiger charge is -2.38. The molecule has 8 nitrogen and oxygen atoms in total. The van der Waals surface area contributed by atoms with E-state index >= 15 is 0 Å². The minimum Gasteiger partial charge on any atom is -0.479 e. The van der Waals surface area contributed by atoms with E-state index in [0.29, 0.717) is 12.0 Å². The first-order chi connectivity index (χ1) is 14.2. The van der Waals surface area contributed by atoms with Crippen LogP contribution >= 0.6 is 11.3 Å². The maximum atomic E-state index is 13.4. The first-order valence-electron chi connectivity index (χ1n) is 9.60. The lowest BCUT2D eigenvalue weighted by molar-refractivity contribution is -0.385. The molecular weight excluding hydrogens is 408 g/mol. The van der Waals surface area contributed by atoms with Crippen molar-refractivity contribution in [3.63, 3.8) is 0 Å². The van der Waals surface area contributed by atoms with Crippen molar-refractivity contribution in [2.45, 2.75) is 37.8 Å². The second kappa shape index (κ2) is 7.32. The van der Waals surface area contributed by atoms with Crippen molar-refractivity contribution < 1.29 is 24.4 Å². The highest BCUT2D eigenvalue weighted by Gasteiger charge is 2.65. The molecule has 9 heteroatoms. The van der Waals surface area contributed by atoms with E-state index in [1.54, 1.807) is 12.1 Å². The van der Waals surface area contributed by atoms with Crippen LogP contribution in [-0.2, 0) is 20.8 Å². The average Bonchev–Trinajstić information content (AvgIpc) is 3.40. The van der Waals surface area contributed by atoms with E-state index in [-0.39, 0.29) is 24.3 Å². The summed E-state index contributed by atoms with van der Waals surface area (Å²) in [4.78, 5) is 51.5. The summed E-state index contributed by atoms with van der Waals surface area (Å²) >= 11 is 1.39. The Kier molecular flexibility index (Phi) is 4.93. The third-order valence-electron chi connectivity index (χ3n) is 6.38. The van der Waals surface area contributed by atoms with Crippen molar-refractivity contribution >= 4 is 34.7 Å². The summed E-state index contributed by atoms with van der Waals surface area (Å²) in [6.07, 6.45) is 0.636. The molecule has 2 aliphatic rings. The molecule has 30 heavy (non-hydrogen) atoms. The van der Waals surface area contributed by atoms with Gasteiger partial charge in [-0.2, -0.15) is 0 Å². The van der Waals surface area contributed by atoms with Crippen LogP contribution in [0.2, 0.25) is 0 Å². The highest BCUT2D eigenvalue weighted by Crippen LogP contribution is 2.56. The number of likely N-dealkylation sites (tertiary alicyclic amines) is 1. The van der Waals surface area contributed by atoms with Crippen LogP contribution in [-0.4, -0.2) is 38.1 Å². The zero-order chi connectivity index (χ0) is 21.6. The van der Waals surface area contributed by atoms with Crippen molar-refractivity contribution in [1.29, 1.82) is 0 Å². The Labute approximate surface area is 176 Å². The molecule has 1 saturated heterocycles. The van der Waals surface area contributed by atoms with E-state index in [9.17, 15) is 29.6 Å². The van der Waals surface area contributed by atoms with Crippen LogP contribution in [0.25, 0.3) is 0 Å². The lowest BCUT2D eigenvalue weighted by atomic mass is 9.80. The van der Waals surface area contributed by atoms with Crippen molar-refractivity contribution in [3.05, 3.63) is 62.3 Å². The molecule has 1 amide bonds. The first-order valence-corrected chi connectivity index (χ1v) is 10.5. The van der Waals surface area contributed by atoms with Gasteiger partial charge in [0.05, 0.1) is 17.4 Å². The van der Waals surface area contributed by atoms with Gasteiger partial charge in [-0.1, -0.05) is 18.2 Å². The normalized spacial score (nSPS) is 27.8. The molecule has 0 bridgehead atoms. The summed E-state index contributed by atoms with van der Waals surface area (Å²) in [6, 6.07) is 8.56. The zero-order valence-electron chi connectivity index (χ0n) is 16.2. The predicted molar refractivity (Wildman–Crippen MR) is 108 cm³/mol. The second-order valence-corrected chi connectivity index (χ2v) is 8.94. The Morgan fingerprint density at radius 3 is 2.73 bits per heavy atom. The van der Waals surface area contributed by atoms with Crippen molar-refractivity contribution in [3.8, 4) is 0 Å². The summed E-state index contributed by atoms with van der Waals surface area (Å²) in [6.45, 7) is 1.50. The number of benzene rings is 1. The van der Waals surface area contributed by atoms with E-state index in [1.165, 1.54) is 41.4 Å². The van der Waals surface area contributed by atoms with Crippen LogP contribution in [0.4, 0.5) is 5.69 Å². The lowest BCUT2D eigenvalue weighted by Crippen LogP contribution is -2.55. The zero-order valence-corrected chi connectivity index (χ0v) is 17.0. The van der Waals surface area contributed by atoms with Gasteiger partial charge in [-0.05, 0) is 30.4 Å². The molecular formula is C21H20N2O6S. The molecule has 0 spiro atoms. The predicted octanol–water partition coefficient (Wildman–Crippen LogP) is 3.22. The van der Waals surface area contributed by atoms with E-state index in [4.69, 9.17) is 0 Å². The van der Waals surface area contributed by atoms with E-state index in [1.807, 2.05) is 11.4 Å². The molecule has 2 fully saturated rings. The molecule has 2 heterocycles. The molecule has 1 N–H and O–H groups in total. The van der Waals surface area contributed by atoms with Crippen LogP contribution < -0.4 is 0 Å². The maximum Gasteiger partial charge on any atom is 0.329 e. The quantitative estimate of drug-likeness (QED) is 0.577. The van der Waals surface area contributed by atoms with Gasteiger partial charge in [-0.25, -0.2) is 4.79 Å². The highest BCUT2D eigenvalue weighted by molar-refractivity contribution is 7.10. The molecule has 1 aliphatic heterocycles. The third kappa shape index (κ3) is 3.00. The average molecular weight is 428 g/mol. The van der Waals surface area contributed by atoms with Gasteiger partial charge in [-0.15, -0.1) is 11.3 Å². The summed E-state index contributed by atoms with van der Waals surface area (Å²) in [5, 5.41) is 23.3. The molecule has 2 aromatic rings. The monoisotopic (exact) mass is 428 g/mol. The minimum absolute atomic E-state index is 0.0135. The van der Waals surface area contributed by atoms with Gasteiger partial charge >= 0.3 is 5.97 Å². The number of hydrogen-bond acceptors (Lipinski definition) is 6. The highest BCUT2D eigenvalue weighted by atomic mass is 32.1. The molecule has 1 aliphatic carbocycles. The van der Waals surface area contributed by atoms with E-state index < -0.39 is 40.2 Å². The standard InChI is InChI=1S/C21H20N2O6S/c1-21(20(26)27)15-7-8-16(24)18(15)19(12-4-2-5-13(10-12)23(28)29)22(21)17(25)11-14-6-3-9-30-14/h2-6,9-10,15,18-19H,7-8,11H2,1H3,(H,26,27). The van der Waals surface area contributed by atoms with Crippen molar-refractivity contribution in [2.24, 2.45) is 11.8 Å². The van der Waals surface area contributed by atoms with Crippen LogP contribution in [0.3, 0.4) is 0 Å². The van der Waals surface area contributed by atoms with Gasteiger partial charge in [0.25, 0.3) is 5.69 Å². The Morgan fingerprint density at radius 1 is 1.33 bits per heavy atom. The molecule has 156 valence electrons. The van der Waals surface area contributed by atoms with E-state index in [0.717, 1.165) is 4.88 Å². The number of carbonyl (C=O) groups is 3. The number of nitro benzene ring substituents is 1. The largest absolute Gasteiger partial charge is 0.479 e. The van der Waals surface area contributed by atoms with Crippen LogP contribution in [0, 0.1) is 22.0 Å². The fourth-order valence-corrected chi connectivity index (χ4v) is 5.72. The van der Waals surface area contributed by atoms with Crippen molar-refractivity contribution in [2.75, 3.05) is 0 Å². The fraction of sp³-hybridized carbons (Fsp3) is 0.381. The first kappa shape index (κ1) is 20.2. The number of rotatable bonds is 5. The number of carboxylic acids is 1. The summed E-state index contributed by atoms with van der Waals surface area (Å²) in [7, 11) is 0. The number of fused-ring (bicyclic) bond motifs is 1. The minimum atomic E-state index is -1.57. The number of Topliss-reactive ketones (excluding diaryl/α,β-unsaturated/α-hetero) is 1. The second-order valence-electron chi connectivity index (χ2n) is 7.91. The number of amides is 1. The molecule has 0 radical (unpaired) electrons. The Hall–Kier alpha value is -3.07. The van der Waals surface area contributed by atoms with Gasteiger partial charge in [-0.3, -0.25) is 19.7 Å². The molecule has 4 atom stereocenters. The molecule has 1 saturated carbocycles. The number of carboxylic acid groups (broad SMARTS) is 1. The van der Waals surface area contributed by atoms with Gasteiger partial charge in [0.2, 0.25) is 5.91 Å². The maximum absolute atomic E-state index is 13.4. The van der Waals surface area contributed by atoms with Crippen LogP contribution in [0.5, 0.6) is 0 Å². The summed E-state index contributed by atoms with van der Waals surface area (Å²) < 4.78 is 0. The number of ketones is 1. The smallest absolute Gasteiger partial charge is 0.329 e. The Bertz CT molecular complexity index is 1040. The van der Waals surface area contributed by atoms with Crippen LogP contribution in [0.15, 0.2) is 41.8 Å². The number of carbonyl (C=O) groups excluding carboxylic acids is 2. The van der Waals surface area contributed by atoms with Gasteiger partial charge in [0.15, 0.2) is 0 Å². The number of thiophene rings is 1. The SMILES string of the molecule is CC1(C(=O)O)C2CCC(=O)C2C(c2cccc([N+](=O)[O-])c2)N1C(=O)Cc1cccs1. The number of non-ortho nitro benzene ring substituents is 1. The Morgan fingerprint density at radius 2 is 2.10 bits per heavy atom. The molecule has 4 rings (SSSR count). The number of nitrogens with zero attached hydrogens (tertiary/aromatic N) is 2. The summed E-state index contributed by atoms with van der Waals surface area (Å²) in [5.41, 5.74) is -1.32. The Balaban J connectivity index is 1.86. The van der Waals surface area contributed by atoms with Gasteiger partial charge in [0.1, 0.15) is 11.3 Å². The number of nitro groups is 1. The van der Waals surface area contributed by atoms with Crippen molar-refractivity contribution in [1.82, 2.24) is 4.90 Å². The van der Waals surface area contributed by atoms with E-state index in [2.05, 4.69) is 0 Å². The van der Waals surface area contributed by atoms with Gasteiger partial charge < -0.3 is 10.0 Å². The molecule has 4 unspecified atom stereocenters. The topological polar surface area (TPSA) is 118 Å². The number of aliphatic carboxylic acids is 1. The number of hydrogen-bond donors (Lipinski definition) is 1.